The van der Waals surface area contributed by atoms with E-state index in [0.29, 0.717) is 0 Å². The van der Waals surface area contributed by atoms with Crippen LogP contribution in [-0.2, 0) is 27.1 Å². The van der Waals surface area contributed by atoms with Crippen molar-refractivity contribution >= 4 is 88.7 Å². The minimum absolute atomic E-state index is 0.00709. The minimum atomic E-state index is 0.00709. The third-order valence-corrected chi connectivity index (χ3v) is 16.8. The van der Waals surface area contributed by atoms with Gasteiger partial charge in [0, 0.05) is 33.1 Å². The Bertz CT molecular complexity index is 3250. The zero-order valence-electron chi connectivity index (χ0n) is 41.5. The Morgan fingerprint density at radius 1 is 0.470 bits per heavy atom. The number of fused-ring (bicyclic) bond motifs is 8. The molecule has 0 saturated heterocycles. The molecule has 0 bridgehead atoms. The highest BCUT2D eigenvalue weighted by Crippen LogP contribution is 2.53. The van der Waals surface area contributed by atoms with E-state index in [2.05, 4.69) is 233 Å². The lowest BCUT2D eigenvalue weighted by Gasteiger charge is -2.47. The van der Waals surface area contributed by atoms with E-state index in [1.807, 2.05) is 11.3 Å². The number of anilines is 6. The largest absolute Gasteiger partial charge is 0.311 e. The molecule has 1 aliphatic carbocycles. The molecule has 3 heterocycles. The van der Waals surface area contributed by atoms with Crippen molar-refractivity contribution in [1.82, 2.24) is 0 Å². The molecule has 0 spiro atoms. The predicted octanol–water partition coefficient (Wildman–Crippen LogP) is 16.0. The van der Waals surface area contributed by atoms with Gasteiger partial charge >= 0.3 is 0 Å². The third-order valence-electron chi connectivity index (χ3n) is 15.6. The highest BCUT2D eigenvalue weighted by molar-refractivity contribution is 7.26. The van der Waals surface area contributed by atoms with Gasteiger partial charge in [-0.05, 0) is 166 Å². The van der Waals surface area contributed by atoms with Gasteiger partial charge in [-0.2, -0.15) is 0 Å². The first-order valence-corrected chi connectivity index (χ1v) is 25.1. The first-order chi connectivity index (χ1) is 31.1. The molecule has 0 N–H and O–H groups in total. The van der Waals surface area contributed by atoms with Gasteiger partial charge in [-0.15, -0.1) is 11.3 Å². The topological polar surface area (TPSA) is 6.48 Å². The standard InChI is InChI=1S/C62H65BN2S/c1-58(2,3)42-20-25-45(26-21-42)64-51-37-49-48(61(10,11)30-31-62(49,12)13)36-50(51)63-55-47-35-44(60(7,8)9)24-29-54(47)66-57(55)65(46-27-22-43(23-28-46)59(4,5)6)53-34-41(33-52(64)56(53)63)40-19-18-38-16-14-15-17-39(38)32-40/h14-29,32-37H,30-31H2,1-13H3. The summed E-state index contributed by atoms with van der Waals surface area (Å²) in [5.74, 6) is 0. The summed E-state index contributed by atoms with van der Waals surface area (Å²) in [7, 11) is 0. The van der Waals surface area contributed by atoms with E-state index in [0.717, 1.165) is 0 Å². The molecule has 0 fully saturated rings. The summed E-state index contributed by atoms with van der Waals surface area (Å²) in [5, 5.41) is 5.22. The Labute approximate surface area is 398 Å². The van der Waals surface area contributed by atoms with Crippen molar-refractivity contribution in [1.29, 1.82) is 0 Å². The second-order valence-corrected chi connectivity index (χ2v) is 25.2. The van der Waals surface area contributed by atoms with Crippen molar-refractivity contribution < 1.29 is 0 Å². The molecule has 332 valence electrons. The van der Waals surface area contributed by atoms with Gasteiger partial charge in [-0.25, -0.2) is 0 Å². The Morgan fingerprint density at radius 3 is 1.59 bits per heavy atom. The zero-order valence-corrected chi connectivity index (χ0v) is 42.3. The summed E-state index contributed by atoms with van der Waals surface area (Å²) in [5.41, 5.74) is 20.2. The van der Waals surface area contributed by atoms with E-state index < -0.39 is 0 Å². The lowest BCUT2D eigenvalue weighted by atomic mass is 9.33. The maximum atomic E-state index is 2.69. The Morgan fingerprint density at radius 2 is 1.00 bits per heavy atom. The van der Waals surface area contributed by atoms with E-state index in [4.69, 9.17) is 0 Å². The van der Waals surface area contributed by atoms with Crippen LogP contribution >= 0.6 is 11.3 Å². The van der Waals surface area contributed by atoms with Crippen LogP contribution in [0.25, 0.3) is 32.0 Å². The van der Waals surface area contributed by atoms with Crippen molar-refractivity contribution in [2.45, 2.75) is 130 Å². The highest BCUT2D eigenvalue weighted by Gasteiger charge is 2.48. The predicted molar refractivity (Wildman–Crippen MR) is 290 cm³/mol. The average molecular weight is 881 g/mol. The van der Waals surface area contributed by atoms with Crippen molar-refractivity contribution in [3.05, 3.63) is 161 Å². The van der Waals surface area contributed by atoms with Crippen molar-refractivity contribution in [2.75, 3.05) is 9.80 Å². The fourth-order valence-electron chi connectivity index (χ4n) is 11.3. The fourth-order valence-corrected chi connectivity index (χ4v) is 12.6. The molecule has 11 rings (SSSR count). The first kappa shape index (κ1) is 43.0. The molecule has 0 radical (unpaired) electrons. The van der Waals surface area contributed by atoms with Crippen LogP contribution in [0.2, 0.25) is 0 Å². The number of benzene rings is 7. The minimum Gasteiger partial charge on any atom is -0.311 e. The number of thiophene rings is 1. The van der Waals surface area contributed by atoms with E-state index >= 15 is 0 Å². The number of hydrogen-bond donors (Lipinski definition) is 0. The number of nitrogens with zero attached hydrogens (tertiary/aromatic N) is 2. The molecule has 1 aromatic heterocycles. The molecule has 0 atom stereocenters. The van der Waals surface area contributed by atoms with Gasteiger partial charge < -0.3 is 9.80 Å². The van der Waals surface area contributed by atoms with Crippen LogP contribution in [0.15, 0.2) is 133 Å². The van der Waals surface area contributed by atoms with Crippen LogP contribution in [0.1, 0.15) is 131 Å². The second kappa shape index (κ2) is 14.5. The quantitative estimate of drug-likeness (QED) is 0.163. The first-order valence-electron chi connectivity index (χ1n) is 24.3. The number of rotatable bonds is 3. The summed E-state index contributed by atoms with van der Waals surface area (Å²) < 4.78 is 1.34. The third kappa shape index (κ3) is 6.79. The Hall–Kier alpha value is -5.58. The van der Waals surface area contributed by atoms with E-state index in [9.17, 15) is 0 Å². The van der Waals surface area contributed by atoms with Crippen molar-refractivity contribution in [3.8, 4) is 11.1 Å². The van der Waals surface area contributed by atoms with Gasteiger partial charge in [0.15, 0.2) is 0 Å². The smallest absolute Gasteiger partial charge is 0.254 e. The summed E-state index contributed by atoms with van der Waals surface area (Å²) >= 11 is 1.96. The molecule has 2 nitrogen and oxygen atoms in total. The molecule has 0 amide bonds. The van der Waals surface area contributed by atoms with Crippen LogP contribution < -0.4 is 26.2 Å². The summed E-state index contributed by atoms with van der Waals surface area (Å²) in [6, 6.07) is 52.5. The summed E-state index contributed by atoms with van der Waals surface area (Å²) in [6.45, 7) is 30.9. The van der Waals surface area contributed by atoms with Crippen LogP contribution in [0.3, 0.4) is 0 Å². The molecule has 8 aromatic rings. The molecule has 3 aliphatic rings. The molecule has 4 heteroatoms. The maximum absolute atomic E-state index is 2.69. The van der Waals surface area contributed by atoms with Gasteiger partial charge in [0.05, 0.1) is 5.00 Å². The number of hydrogen-bond acceptors (Lipinski definition) is 3. The monoisotopic (exact) mass is 880 g/mol. The second-order valence-electron chi connectivity index (χ2n) is 24.2. The molecular formula is C62H65BN2S. The Balaban J connectivity index is 1.30. The zero-order chi connectivity index (χ0) is 46.5. The van der Waals surface area contributed by atoms with E-state index in [1.54, 1.807) is 0 Å². The molecule has 2 aliphatic heterocycles. The molecule has 7 aromatic carbocycles. The van der Waals surface area contributed by atoms with E-state index in [-0.39, 0.29) is 33.8 Å². The molecule has 0 unspecified atom stereocenters. The maximum Gasteiger partial charge on any atom is 0.254 e. The Kier molecular flexibility index (Phi) is 9.43. The van der Waals surface area contributed by atoms with Crippen molar-refractivity contribution in [2.24, 2.45) is 0 Å². The summed E-state index contributed by atoms with van der Waals surface area (Å²) in [4.78, 5) is 5.29. The van der Waals surface area contributed by atoms with Crippen LogP contribution in [0, 0.1) is 0 Å². The normalized spacial score (nSPS) is 16.3. The molecule has 66 heavy (non-hydrogen) atoms. The van der Waals surface area contributed by atoms with Gasteiger partial charge in [0.1, 0.15) is 0 Å². The van der Waals surface area contributed by atoms with Gasteiger partial charge in [-0.3, -0.25) is 0 Å². The SMILES string of the molecule is CC(C)(C)c1ccc(N2c3cc4c(cc3B3c5c2cc(-c2ccc6ccccc6c2)cc5N(c2ccc(C(C)(C)C)cc2)c2sc5ccc(C(C)(C)C)cc5c23)C(C)(C)CCC4(C)C)cc1. The lowest BCUT2D eigenvalue weighted by molar-refractivity contribution is 0.332. The fraction of sp³-hybridized carbons (Fsp3) is 0.323. The van der Waals surface area contributed by atoms with E-state index in [1.165, 1.54) is 122 Å². The van der Waals surface area contributed by atoms with Gasteiger partial charge in [0.2, 0.25) is 0 Å². The lowest BCUT2D eigenvalue weighted by Crippen LogP contribution is -2.61. The highest BCUT2D eigenvalue weighted by atomic mass is 32.1. The van der Waals surface area contributed by atoms with Gasteiger partial charge in [-0.1, -0.05) is 169 Å². The van der Waals surface area contributed by atoms with Crippen LogP contribution in [0.5, 0.6) is 0 Å². The molecular weight excluding hydrogens is 816 g/mol. The van der Waals surface area contributed by atoms with Crippen molar-refractivity contribution in [3.63, 3.8) is 0 Å². The van der Waals surface area contributed by atoms with Crippen LogP contribution in [0.4, 0.5) is 33.4 Å². The van der Waals surface area contributed by atoms with Gasteiger partial charge in [0.25, 0.3) is 6.71 Å². The summed E-state index contributed by atoms with van der Waals surface area (Å²) in [6.07, 6.45) is 2.34. The van der Waals surface area contributed by atoms with Crippen LogP contribution in [-0.4, -0.2) is 6.71 Å². The molecule has 0 saturated carbocycles. The average Bonchev–Trinajstić information content (AvgIpc) is 3.65.